The quantitative estimate of drug-likeness (QED) is 0.816. The highest BCUT2D eigenvalue weighted by molar-refractivity contribution is 9.10. The number of ether oxygens (including phenoxy) is 2. The molecule has 2 N–H and O–H groups in total. The molecule has 0 radical (unpaired) electrons. The Hall–Kier alpha value is -0.980. The standard InChI is InChI=1S/C12H15BrFNO3/c1-2-18-12(16)7-17-6-11(15)8-3-4-10(14)9(13)5-8/h3-5,11H,2,6-7,15H2,1H3. The topological polar surface area (TPSA) is 61.5 Å². The van der Waals surface area contributed by atoms with Gasteiger partial charge >= 0.3 is 5.97 Å². The van der Waals surface area contributed by atoms with Gasteiger partial charge in [0.15, 0.2) is 0 Å². The highest BCUT2D eigenvalue weighted by atomic mass is 79.9. The molecule has 0 aliphatic carbocycles. The molecule has 6 heteroatoms. The number of carbonyl (C=O) groups is 1. The first-order valence-electron chi connectivity index (χ1n) is 5.48. The predicted octanol–water partition coefficient (Wildman–Crippen LogP) is 2.17. The highest BCUT2D eigenvalue weighted by Gasteiger charge is 2.10. The number of hydrogen-bond donors (Lipinski definition) is 1. The molecular formula is C12H15BrFNO3. The van der Waals surface area contributed by atoms with Crippen molar-refractivity contribution in [1.82, 2.24) is 0 Å². The summed E-state index contributed by atoms with van der Waals surface area (Å²) in [6.45, 7) is 2.07. The summed E-state index contributed by atoms with van der Waals surface area (Å²) in [7, 11) is 0. The molecule has 0 amide bonds. The molecule has 0 saturated heterocycles. The van der Waals surface area contributed by atoms with E-state index in [0.717, 1.165) is 5.56 Å². The van der Waals surface area contributed by atoms with E-state index >= 15 is 0 Å². The Balaban J connectivity index is 2.43. The van der Waals surface area contributed by atoms with Crippen molar-refractivity contribution in [2.24, 2.45) is 5.73 Å². The average molecular weight is 320 g/mol. The van der Waals surface area contributed by atoms with Crippen molar-refractivity contribution in [3.05, 3.63) is 34.1 Å². The molecule has 0 aliphatic heterocycles. The number of hydrogen-bond acceptors (Lipinski definition) is 4. The number of benzene rings is 1. The molecule has 0 aliphatic rings. The zero-order chi connectivity index (χ0) is 13.5. The third-order valence-corrected chi connectivity index (χ3v) is 2.80. The van der Waals surface area contributed by atoms with Crippen LogP contribution in [0.1, 0.15) is 18.5 Å². The van der Waals surface area contributed by atoms with E-state index < -0.39 is 12.0 Å². The van der Waals surface area contributed by atoms with Crippen LogP contribution in [0.5, 0.6) is 0 Å². The molecule has 1 aromatic carbocycles. The predicted molar refractivity (Wildman–Crippen MR) is 68.5 cm³/mol. The van der Waals surface area contributed by atoms with Crippen LogP contribution in [-0.2, 0) is 14.3 Å². The molecule has 100 valence electrons. The number of halogens is 2. The molecule has 1 unspecified atom stereocenters. The number of carbonyl (C=O) groups excluding carboxylic acids is 1. The van der Waals surface area contributed by atoms with Crippen molar-refractivity contribution in [3.8, 4) is 0 Å². The molecule has 0 aromatic heterocycles. The molecule has 0 fully saturated rings. The van der Waals surface area contributed by atoms with Gasteiger partial charge in [-0.15, -0.1) is 0 Å². The van der Waals surface area contributed by atoms with Crippen molar-refractivity contribution < 1.29 is 18.7 Å². The summed E-state index contributed by atoms with van der Waals surface area (Å²) in [5.41, 5.74) is 6.58. The summed E-state index contributed by atoms with van der Waals surface area (Å²) >= 11 is 3.08. The zero-order valence-corrected chi connectivity index (χ0v) is 11.6. The summed E-state index contributed by atoms with van der Waals surface area (Å²) in [4.78, 5) is 11.0. The van der Waals surface area contributed by atoms with Gasteiger partial charge in [0.05, 0.1) is 23.7 Å². The van der Waals surface area contributed by atoms with Gasteiger partial charge < -0.3 is 15.2 Å². The minimum Gasteiger partial charge on any atom is -0.464 e. The first-order chi connectivity index (χ1) is 8.54. The fourth-order valence-electron chi connectivity index (χ4n) is 1.31. The lowest BCUT2D eigenvalue weighted by Gasteiger charge is -2.12. The first-order valence-corrected chi connectivity index (χ1v) is 6.27. The lowest BCUT2D eigenvalue weighted by atomic mass is 10.1. The van der Waals surface area contributed by atoms with Gasteiger partial charge in [-0.2, -0.15) is 0 Å². The summed E-state index contributed by atoms with van der Waals surface area (Å²) in [6.07, 6.45) is 0. The van der Waals surface area contributed by atoms with Crippen LogP contribution in [0.3, 0.4) is 0 Å². The van der Waals surface area contributed by atoms with E-state index in [4.69, 9.17) is 15.2 Å². The van der Waals surface area contributed by atoms with Gasteiger partial charge in [-0.3, -0.25) is 0 Å². The van der Waals surface area contributed by atoms with Crippen LogP contribution in [0.2, 0.25) is 0 Å². The van der Waals surface area contributed by atoms with Crippen molar-refractivity contribution in [2.45, 2.75) is 13.0 Å². The second-order valence-electron chi connectivity index (χ2n) is 3.60. The van der Waals surface area contributed by atoms with Crippen LogP contribution in [0.25, 0.3) is 0 Å². The Morgan fingerprint density at radius 2 is 2.28 bits per heavy atom. The van der Waals surface area contributed by atoms with Crippen LogP contribution in [-0.4, -0.2) is 25.8 Å². The molecule has 4 nitrogen and oxygen atoms in total. The van der Waals surface area contributed by atoms with E-state index in [-0.39, 0.29) is 19.0 Å². The molecular weight excluding hydrogens is 305 g/mol. The fraction of sp³-hybridized carbons (Fsp3) is 0.417. The Morgan fingerprint density at radius 1 is 1.56 bits per heavy atom. The van der Waals surface area contributed by atoms with Gasteiger partial charge in [0.2, 0.25) is 0 Å². The first kappa shape index (κ1) is 15.1. The highest BCUT2D eigenvalue weighted by Crippen LogP contribution is 2.20. The van der Waals surface area contributed by atoms with E-state index in [1.807, 2.05) is 0 Å². The Labute approximate surface area is 113 Å². The molecule has 0 bridgehead atoms. The maximum absolute atomic E-state index is 13.0. The lowest BCUT2D eigenvalue weighted by Crippen LogP contribution is -2.21. The zero-order valence-electron chi connectivity index (χ0n) is 9.99. The maximum atomic E-state index is 13.0. The third-order valence-electron chi connectivity index (χ3n) is 2.19. The van der Waals surface area contributed by atoms with Crippen LogP contribution in [0.4, 0.5) is 4.39 Å². The normalized spacial score (nSPS) is 12.2. The molecule has 1 rings (SSSR count). The summed E-state index contributed by atoms with van der Waals surface area (Å²) in [5, 5.41) is 0. The molecule has 18 heavy (non-hydrogen) atoms. The van der Waals surface area contributed by atoms with Crippen LogP contribution >= 0.6 is 15.9 Å². The van der Waals surface area contributed by atoms with Crippen molar-refractivity contribution in [2.75, 3.05) is 19.8 Å². The average Bonchev–Trinajstić information content (AvgIpc) is 2.33. The molecule has 0 spiro atoms. The van der Waals surface area contributed by atoms with Gasteiger partial charge in [0.1, 0.15) is 12.4 Å². The summed E-state index contributed by atoms with van der Waals surface area (Å²) < 4.78 is 23.2. The van der Waals surface area contributed by atoms with Crippen LogP contribution in [0.15, 0.2) is 22.7 Å². The Bertz CT molecular complexity index is 414. The van der Waals surface area contributed by atoms with E-state index in [1.54, 1.807) is 19.1 Å². The summed E-state index contributed by atoms with van der Waals surface area (Å²) in [6, 6.07) is 4.08. The summed E-state index contributed by atoms with van der Waals surface area (Å²) in [5.74, 6) is -0.775. The van der Waals surface area contributed by atoms with Crippen molar-refractivity contribution in [3.63, 3.8) is 0 Å². The minimum absolute atomic E-state index is 0.135. The smallest absolute Gasteiger partial charge is 0.332 e. The lowest BCUT2D eigenvalue weighted by molar-refractivity contribution is -0.148. The van der Waals surface area contributed by atoms with Gasteiger partial charge in [-0.05, 0) is 40.5 Å². The fourth-order valence-corrected chi connectivity index (χ4v) is 1.71. The monoisotopic (exact) mass is 319 g/mol. The van der Waals surface area contributed by atoms with Crippen molar-refractivity contribution >= 4 is 21.9 Å². The number of rotatable bonds is 6. The van der Waals surface area contributed by atoms with Crippen LogP contribution in [0, 0.1) is 5.82 Å². The number of esters is 1. The van der Waals surface area contributed by atoms with E-state index in [2.05, 4.69) is 15.9 Å². The Morgan fingerprint density at radius 3 is 2.89 bits per heavy atom. The molecule has 0 heterocycles. The second kappa shape index (κ2) is 7.45. The molecule has 1 aromatic rings. The van der Waals surface area contributed by atoms with Gasteiger partial charge in [-0.25, -0.2) is 9.18 Å². The molecule has 0 saturated carbocycles. The largest absolute Gasteiger partial charge is 0.464 e. The van der Waals surface area contributed by atoms with E-state index in [9.17, 15) is 9.18 Å². The second-order valence-corrected chi connectivity index (χ2v) is 4.45. The Kier molecular flexibility index (Phi) is 6.24. The third kappa shape index (κ3) is 4.72. The molecule has 1 atom stereocenters. The van der Waals surface area contributed by atoms with Gasteiger partial charge in [0.25, 0.3) is 0 Å². The maximum Gasteiger partial charge on any atom is 0.332 e. The SMILES string of the molecule is CCOC(=O)COCC(N)c1ccc(F)c(Br)c1. The van der Waals surface area contributed by atoms with E-state index in [1.165, 1.54) is 6.07 Å². The van der Waals surface area contributed by atoms with E-state index in [0.29, 0.717) is 11.1 Å². The van der Waals surface area contributed by atoms with Gasteiger partial charge in [-0.1, -0.05) is 6.07 Å². The van der Waals surface area contributed by atoms with Crippen molar-refractivity contribution in [1.29, 1.82) is 0 Å². The van der Waals surface area contributed by atoms with Crippen LogP contribution < -0.4 is 5.73 Å². The number of nitrogens with two attached hydrogens (primary N) is 1. The minimum atomic E-state index is -0.426. The van der Waals surface area contributed by atoms with Gasteiger partial charge in [0, 0.05) is 0 Å².